The number of ether oxygens (including phenoxy) is 4. The van der Waals surface area contributed by atoms with Gasteiger partial charge in [0.05, 0.1) is 45.7 Å². The summed E-state index contributed by atoms with van der Waals surface area (Å²) in [4.78, 5) is 25.5. The van der Waals surface area contributed by atoms with Crippen molar-refractivity contribution in [2.75, 3.05) is 33.8 Å². The van der Waals surface area contributed by atoms with E-state index in [4.69, 9.17) is 18.9 Å². The predicted molar refractivity (Wildman–Crippen MR) is 115 cm³/mol. The van der Waals surface area contributed by atoms with Crippen molar-refractivity contribution in [3.63, 3.8) is 0 Å². The molecule has 1 aliphatic heterocycles. The van der Waals surface area contributed by atoms with Gasteiger partial charge in [0.25, 0.3) is 5.91 Å². The lowest BCUT2D eigenvalue weighted by Crippen LogP contribution is -2.46. The zero-order chi connectivity index (χ0) is 22.5. The summed E-state index contributed by atoms with van der Waals surface area (Å²) >= 11 is 0. The first-order valence-electron chi connectivity index (χ1n) is 9.45. The summed E-state index contributed by atoms with van der Waals surface area (Å²) in [6.07, 6.45) is 0. The smallest absolute Gasteiger partial charge is 0.319 e. The summed E-state index contributed by atoms with van der Waals surface area (Å²) < 4.78 is 21.3. The largest absolute Gasteiger partial charge is 0.497 e. The van der Waals surface area contributed by atoms with E-state index in [0.717, 1.165) is 0 Å². The number of allylic oxidation sites excluding steroid dienone is 1. The average Bonchev–Trinajstić information content (AvgIpc) is 2.78. The van der Waals surface area contributed by atoms with Crippen LogP contribution in [-0.2, 0) is 4.79 Å². The highest BCUT2D eigenvalue weighted by Crippen LogP contribution is 2.37. The van der Waals surface area contributed by atoms with Crippen molar-refractivity contribution in [1.82, 2.24) is 10.6 Å². The standard InChI is InChI=1S/C22H25N3O6/c1-12-19(21(26)24-16-8-6-14(29-3)11-18(16)31-5)20(25-22(27)23-12)15-10-13(28-2)7-9-17(15)30-4/h6-11,20H,1-5H3,(H,24,26)(H2,23,25,27)/t20-/m0/s1. The molecule has 0 spiro atoms. The highest BCUT2D eigenvalue weighted by Gasteiger charge is 2.33. The highest BCUT2D eigenvalue weighted by molar-refractivity contribution is 6.07. The number of rotatable bonds is 7. The van der Waals surface area contributed by atoms with Gasteiger partial charge in [0, 0.05) is 17.3 Å². The lowest BCUT2D eigenvalue weighted by molar-refractivity contribution is -0.113. The van der Waals surface area contributed by atoms with Gasteiger partial charge in [0.15, 0.2) is 0 Å². The number of hydrogen-bond acceptors (Lipinski definition) is 6. The minimum absolute atomic E-state index is 0.323. The maximum absolute atomic E-state index is 13.3. The molecule has 0 saturated heterocycles. The minimum atomic E-state index is -0.761. The van der Waals surface area contributed by atoms with Gasteiger partial charge in [-0.1, -0.05) is 0 Å². The number of nitrogens with one attached hydrogen (secondary N) is 3. The number of carbonyl (C=O) groups is 2. The van der Waals surface area contributed by atoms with E-state index >= 15 is 0 Å². The second-order valence-electron chi connectivity index (χ2n) is 6.70. The maximum atomic E-state index is 13.3. The average molecular weight is 427 g/mol. The third kappa shape index (κ3) is 4.50. The van der Waals surface area contributed by atoms with E-state index in [1.165, 1.54) is 21.3 Å². The lowest BCUT2D eigenvalue weighted by atomic mass is 9.93. The van der Waals surface area contributed by atoms with Gasteiger partial charge in [-0.05, 0) is 37.3 Å². The molecule has 2 aromatic rings. The molecule has 0 aliphatic carbocycles. The molecule has 3 amide bonds. The summed E-state index contributed by atoms with van der Waals surface area (Å²) in [6.45, 7) is 1.67. The summed E-state index contributed by atoms with van der Waals surface area (Å²) in [6, 6.07) is 9.06. The van der Waals surface area contributed by atoms with Crippen molar-refractivity contribution >= 4 is 17.6 Å². The molecule has 0 unspecified atom stereocenters. The zero-order valence-electron chi connectivity index (χ0n) is 18.0. The van der Waals surface area contributed by atoms with E-state index in [1.807, 2.05) is 0 Å². The van der Waals surface area contributed by atoms with Crippen LogP contribution in [0, 0.1) is 0 Å². The second-order valence-corrected chi connectivity index (χ2v) is 6.70. The van der Waals surface area contributed by atoms with Crippen LogP contribution < -0.4 is 34.9 Å². The van der Waals surface area contributed by atoms with Crippen molar-refractivity contribution in [2.24, 2.45) is 0 Å². The third-order valence-corrected chi connectivity index (χ3v) is 4.92. The van der Waals surface area contributed by atoms with Gasteiger partial charge in [-0.2, -0.15) is 0 Å². The third-order valence-electron chi connectivity index (χ3n) is 4.92. The Labute approximate surface area is 180 Å². The summed E-state index contributed by atoms with van der Waals surface area (Å²) in [7, 11) is 6.11. The van der Waals surface area contributed by atoms with Gasteiger partial charge < -0.3 is 34.9 Å². The number of methoxy groups -OCH3 is 4. The Morgan fingerprint density at radius 3 is 2.19 bits per heavy atom. The molecule has 1 heterocycles. The number of hydrogen-bond donors (Lipinski definition) is 3. The molecule has 0 bridgehead atoms. The SMILES string of the molecule is COc1ccc(NC(=O)C2=C(C)NC(=O)N[C@H]2c2cc(OC)ccc2OC)c(OC)c1. The van der Waals surface area contributed by atoms with Crippen LogP contribution in [-0.4, -0.2) is 40.4 Å². The first-order valence-corrected chi connectivity index (χ1v) is 9.45. The van der Waals surface area contributed by atoms with Crippen LogP contribution in [0.2, 0.25) is 0 Å². The van der Waals surface area contributed by atoms with E-state index in [1.54, 1.807) is 50.4 Å². The normalized spacial score (nSPS) is 15.5. The van der Waals surface area contributed by atoms with Gasteiger partial charge in [0.1, 0.15) is 23.0 Å². The molecule has 2 aromatic carbocycles. The first-order chi connectivity index (χ1) is 14.9. The summed E-state index contributed by atoms with van der Waals surface area (Å²) in [5.41, 5.74) is 1.79. The van der Waals surface area contributed by atoms with Gasteiger partial charge in [0.2, 0.25) is 0 Å². The molecule has 0 saturated carbocycles. The molecule has 31 heavy (non-hydrogen) atoms. The van der Waals surface area contributed by atoms with Crippen LogP contribution in [0.4, 0.5) is 10.5 Å². The van der Waals surface area contributed by atoms with Crippen molar-refractivity contribution in [2.45, 2.75) is 13.0 Å². The molecular weight excluding hydrogens is 402 g/mol. The highest BCUT2D eigenvalue weighted by atomic mass is 16.5. The number of benzene rings is 2. The van der Waals surface area contributed by atoms with E-state index in [2.05, 4.69) is 16.0 Å². The second kappa shape index (κ2) is 9.29. The van der Waals surface area contributed by atoms with Gasteiger partial charge in [-0.15, -0.1) is 0 Å². The predicted octanol–water partition coefficient (Wildman–Crippen LogP) is 2.99. The fraction of sp³-hybridized carbons (Fsp3) is 0.273. The Kier molecular flexibility index (Phi) is 6.54. The van der Waals surface area contributed by atoms with Crippen LogP contribution >= 0.6 is 0 Å². The van der Waals surface area contributed by atoms with Crippen LogP contribution in [0.25, 0.3) is 0 Å². The van der Waals surface area contributed by atoms with Gasteiger partial charge in [-0.25, -0.2) is 4.79 Å². The molecule has 0 aromatic heterocycles. The van der Waals surface area contributed by atoms with E-state index in [9.17, 15) is 9.59 Å². The molecule has 0 radical (unpaired) electrons. The summed E-state index contributed by atoms with van der Waals surface area (Å²) in [5.74, 6) is 1.69. The minimum Gasteiger partial charge on any atom is -0.497 e. The fourth-order valence-electron chi connectivity index (χ4n) is 3.38. The molecule has 1 atom stereocenters. The quantitative estimate of drug-likeness (QED) is 0.627. The van der Waals surface area contributed by atoms with Crippen LogP contribution in [0.1, 0.15) is 18.5 Å². The van der Waals surface area contributed by atoms with E-state index in [0.29, 0.717) is 45.5 Å². The molecule has 9 nitrogen and oxygen atoms in total. The molecule has 9 heteroatoms. The number of anilines is 1. The van der Waals surface area contributed by atoms with Crippen molar-refractivity contribution in [3.05, 3.63) is 53.2 Å². The van der Waals surface area contributed by atoms with Crippen molar-refractivity contribution in [1.29, 1.82) is 0 Å². The van der Waals surface area contributed by atoms with Crippen LogP contribution in [0.15, 0.2) is 47.7 Å². The Balaban J connectivity index is 2.02. The zero-order valence-corrected chi connectivity index (χ0v) is 18.0. The Morgan fingerprint density at radius 2 is 1.55 bits per heavy atom. The molecule has 1 aliphatic rings. The van der Waals surface area contributed by atoms with Crippen molar-refractivity contribution in [3.8, 4) is 23.0 Å². The topological polar surface area (TPSA) is 107 Å². The van der Waals surface area contributed by atoms with Crippen molar-refractivity contribution < 1.29 is 28.5 Å². The van der Waals surface area contributed by atoms with E-state index in [-0.39, 0.29) is 0 Å². The molecular formula is C22H25N3O6. The molecule has 3 rings (SSSR count). The Hall–Kier alpha value is -3.88. The van der Waals surface area contributed by atoms with Gasteiger partial charge in [-0.3, -0.25) is 4.79 Å². The molecule has 3 N–H and O–H groups in total. The molecule has 0 fully saturated rings. The number of carbonyl (C=O) groups excluding carboxylic acids is 2. The monoisotopic (exact) mass is 427 g/mol. The fourth-order valence-corrected chi connectivity index (χ4v) is 3.38. The lowest BCUT2D eigenvalue weighted by Gasteiger charge is -2.30. The van der Waals surface area contributed by atoms with Gasteiger partial charge >= 0.3 is 6.03 Å². The number of urea groups is 1. The Bertz CT molecular complexity index is 1030. The molecule has 164 valence electrons. The van der Waals surface area contributed by atoms with Crippen LogP contribution in [0.5, 0.6) is 23.0 Å². The Morgan fingerprint density at radius 1 is 0.903 bits per heavy atom. The summed E-state index contributed by atoms with van der Waals surface area (Å²) in [5, 5.41) is 8.30. The maximum Gasteiger partial charge on any atom is 0.319 e. The van der Waals surface area contributed by atoms with E-state index < -0.39 is 18.0 Å². The number of amides is 3. The first kappa shape index (κ1) is 21.8. The van der Waals surface area contributed by atoms with Crippen LogP contribution in [0.3, 0.4) is 0 Å².